The standard InChI is InChI=1S/C13H24N4O2S/c1-11-12(17-10-16-11)6-20-5-3-15-8-13(18)7-14-2-4-19-9-13/h10,14-15,18H,2-9H2,1H3,(H,16,17). The van der Waals surface area contributed by atoms with Gasteiger partial charge in [-0.15, -0.1) is 0 Å². The van der Waals surface area contributed by atoms with E-state index in [4.69, 9.17) is 4.74 Å². The SMILES string of the molecule is Cc1[nH]cnc1CSCCNCC1(O)CNCCOC1. The largest absolute Gasteiger partial charge is 0.385 e. The van der Waals surface area contributed by atoms with Crippen molar-refractivity contribution in [3.63, 3.8) is 0 Å². The second-order valence-electron chi connectivity index (χ2n) is 5.16. The van der Waals surface area contributed by atoms with Gasteiger partial charge in [-0.3, -0.25) is 0 Å². The molecule has 2 heterocycles. The van der Waals surface area contributed by atoms with Crippen LogP contribution >= 0.6 is 11.8 Å². The fraction of sp³-hybridized carbons (Fsp3) is 0.769. The third kappa shape index (κ3) is 5.06. The quantitative estimate of drug-likeness (QED) is 0.526. The van der Waals surface area contributed by atoms with Crippen molar-refractivity contribution in [2.24, 2.45) is 0 Å². The first kappa shape index (κ1) is 15.8. The molecule has 0 aromatic carbocycles. The van der Waals surface area contributed by atoms with Crippen LogP contribution in [0.3, 0.4) is 0 Å². The summed E-state index contributed by atoms with van der Waals surface area (Å²) >= 11 is 1.84. The summed E-state index contributed by atoms with van der Waals surface area (Å²) in [5.41, 5.74) is 1.47. The van der Waals surface area contributed by atoms with Gasteiger partial charge < -0.3 is 25.5 Å². The van der Waals surface area contributed by atoms with Crippen LogP contribution < -0.4 is 10.6 Å². The number of aromatic amines is 1. The van der Waals surface area contributed by atoms with Crippen molar-refractivity contribution in [3.8, 4) is 0 Å². The lowest BCUT2D eigenvalue weighted by Gasteiger charge is -2.26. The van der Waals surface area contributed by atoms with Crippen LogP contribution in [0, 0.1) is 6.92 Å². The molecular weight excluding hydrogens is 276 g/mol. The number of rotatable bonds is 7. The Bertz CT molecular complexity index is 391. The molecule has 1 aliphatic heterocycles. The maximum atomic E-state index is 10.3. The zero-order chi connectivity index (χ0) is 14.3. The van der Waals surface area contributed by atoms with Crippen molar-refractivity contribution >= 4 is 11.8 Å². The first-order chi connectivity index (χ1) is 9.70. The molecule has 20 heavy (non-hydrogen) atoms. The minimum Gasteiger partial charge on any atom is -0.385 e. The normalized spacial score (nSPS) is 23.7. The third-order valence-corrected chi connectivity index (χ3v) is 4.27. The topological polar surface area (TPSA) is 82.2 Å². The van der Waals surface area contributed by atoms with E-state index in [1.54, 1.807) is 6.33 Å². The fourth-order valence-corrected chi connectivity index (χ4v) is 2.98. The van der Waals surface area contributed by atoms with Gasteiger partial charge in [0.05, 0.1) is 25.2 Å². The Morgan fingerprint density at radius 1 is 1.60 bits per heavy atom. The van der Waals surface area contributed by atoms with Crippen LogP contribution in [0.25, 0.3) is 0 Å². The number of β-amino-alcohol motifs (C(OH)–C–C–N with tert-alkyl or cyclic N) is 1. The molecule has 1 atom stereocenters. The minimum absolute atomic E-state index is 0.395. The van der Waals surface area contributed by atoms with Gasteiger partial charge in [0.2, 0.25) is 0 Å². The molecule has 4 N–H and O–H groups in total. The number of aromatic nitrogens is 2. The maximum absolute atomic E-state index is 10.3. The second kappa shape index (κ2) is 7.99. The van der Waals surface area contributed by atoms with Crippen molar-refractivity contribution in [2.45, 2.75) is 18.3 Å². The highest BCUT2D eigenvalue weighted by Crippen LogP contribution is 2.12. The number of nitrogens with zero attached hydrogens (tertiary/aromatic N) is 1. The number of H-pyrrole nitrogens is 1. The Labute approximate surface area is 124 Å². The summed E-state index contributed by atoms with van der Waals surface area (Å²) in [6, 6.07) is 0. The molecule has 0 radical (unpaired) electrons. The van der Waals surface area contributed by atoms with Crippen LogP contribution in [0.4, 0.5) is 0 Å². The van der Waals surface area contributed by atoms with E-state index in [9.17, 15) is 5.11 Å². The summed E-state index contributed by atoms with van der Waals surface area (Å²) in [5, 5.41) is 16.8. The lowest BCUT2D eigenvalue weighted by Crippen LogP contribution is -2.50. The molecule has 1 aliphatic rings. The molecule has 0 saturated carbocycles. The van der Waals surface area contributed by atoms with Crippen molar-refractivity contribution in [3.05, 3.63) is 17.7 Å². The molecule has 1 unspecified atom stereocenters. The summed E-state index contributed by atoms with van der Waals surface area (Å²) in [7, 11) is 0. The third-order valence-electron chi connectivity index (χ3n) is 3.30. The summed E-state index contributed by atoms with van der Waals surface area (Å²) in [5.74, 6) is 1.92. The molecule has 2 rings (SSSR count). The molecule has 0 aliphatic carbocycles. The van der Waals surface area contributed by atoms with Gasteiger partial charge in [0.1, 0.15) is 5.60 Å². The average molecular weight is 300 g/mol. The summed E-state index contributed by atoms with van der Waals surface area (Å²) < 4.78 is 5.38. The number of ether oxygens (including phenoxy) is 1. The number of aryl methyl sites for hydroxylation is 1. The van der Waals surface area contributed by atoms with E-state index in [0.29, 0.717) is 26.3 Å². The smallest absolute Gasteiger partial charge is 0.113 e. The number of imidazole rings is 1. The van der Waals surface area contributed by atoms with Gasteiger partial charge in [0.15, 0.2) is 0 Å². The van der Waals surface area contributed by atoms with E-state index in [-0.39, 0.29) is 0 Å². The number of thioether (sulfide) groups is 1. The van der Waals surface area contributed by atoms with E-state index in [1.165, 1.54) is 0 Å². The molecule has 7 heteroatoms. The first-order valence-corrected chi connectivity index (χ1v) is 8.13. The Hall–Kier alpha value is -0.600. The van der Waals surface area contributed by atoms with Crippen LogP contribution in [-0.2, 0) is 10.5 Å². The number of nitrogens with one attached hydrogen (secondary N) is 3. The molecule has 1 aromatic heterocycles. The Balaban J connectivity index is 1.56. The molecule has 114 valence electrons. The van der Waals surface area contributed by atoms with E-state index in [0.717, 1.165) is 36.0 Å². The van der Waals surface area contributed by atoms with Crippen molar-refractivity contribution in [2.75, 3.05) is 45.1 Å². The molecule has 1 fully saturated rings. The van der Waals surface area contributed by atoms with Gasteiger partial charge in [0.25, 0.3) is 0 Å². The van der Waals surface area contributed by atoms with Gasteiger partial charge in [-0.2, -0.15) is 11.8 Å². The summed E-state index contributed by atoms with van der Waals surface area (Å²) in [6.07, 6.45) is 1.73. The lowest BCUT2D eigenvalue weighted by atomic mass is 10.1. The van der Waals surface area contributed by atoms with Crippen molar-refractivity contribution < 1.29 is 9.84 Å². The van der Waals surface area contributed by atoms with E-state index >= 15 is 0 Å². The molecule has 0 bridgehead atoms. The van der Waals surface area contributed by atoms with Gasteiger partial charge in [-0.25, -0.2) is 4.98 Å². The molecule has 0 amide bonds. The highest BCUT2D eigenvalue weighted by atomic mass is 32.2. The Morgan fingerprint density at radius 3 is 3.30 bits per heavy atom. The Morgan fingerprint density at radius 2 is 2.50 bits per heavy atom. The zero-order valence-corrected chi connectivity index (χ0v) is 12.8. The first-order valence-electron chi connectivity index (χ1n) is 6.98. The van der Waals surface area contributed by atoms with Crippen LogP contribution in [0.5, 0.6) is 0 Å². The number of hydrogen-bond donors (Lipinski definition) is 4. The molecule has 1 saturated heterocycles. The predicted molar refractivity (Wildman–Crippen MR) is 81.0 cm³/mol. The monoisotopic (exact) mass is 300 g/mol. The van der Waals surface area contributed by atoms with Crippen LogP contribution in [0.2, 0.25) is 0 Å². The van der Waals surface area contributed by atoms with Crippen LogP contribution in [-0.4, -0.2) is 65.8 Å². The van der Waals surface area contributed by atoms with Gasteiger partial charge >= 0.3 is 0 Å². The molecular formula is C13H24N4O2S. The van der Waals surface area contributed by atoms with Crippen LogP contribution in [0.1, 0.15) is 11.4 Å². The zero-order valence-electron chi connectivity index (χ0n) is 11.9. The number of hydrogen-bond acceptors (Lipinski definition) is 6. The van der Waals surface area contributed by atoms with E-state index in [1.807, 2.05) is 18.7 Å². The second-order valence-corrected chi connectivity index (χ2v) is 6.26. The molecule has 0 spiro atoms. The van der Waals surface area contributed by atoms with Crippen molar-refractivity contribution in [1.29, 1.82) is 0 Å². The lowest BCUT2D eigenvalue weighted by molar-refractivity contribution is -0.0258. The molecule has 6 nitrogen and oxygen atoms in total. The van der Waals surface area contributed by atoms with Gasteiger partial charge in [0, 0.05) is 43.4 Å². The van der Waals surface area contributed by atoms with Gasteiger partial charge in [-0.05, 0) is 6.92 Å². The Kier molecular flexibility index (Phi) is 6.31. The van der Waals surface area contributed by atoms with E-state index < -0.39 is 5.60 Å². The van der Waals surface area contributed by atoms with Crippen LogP contribution in [0.15, 0.2) is 6.33 Å². The fourth-order valence-electron chi connectivity index (χ4n) is 2.06. The highest BCUT2D eigenvalue weighted by molar-refractivity contribution is 7.98. The highest BCUT2D eigenvalue weighted by Gasteiger charge is 2.28. The minimum atomic E-state index is -0.792. The molecule has 1 aromatic rings. The predicted octanol–water partition coefficient (Wildman–Crippen LogP) is -0.108. The number of aliphatic hydroxyl groups is 1. The van der Waals surface area contributed by atoms with E-state index in [2.05, 4.69) is 20.6 Å². The maximum Gasteiger partial charge on any atom is 0.113 e. The average Bonchev–Trinajstić information content (AvgIpc) is 2.70. The van der Waals surface area contributed by atoms with Gasteiger partial charge in [-0.1, -0.05) is 0 Å². The van der Waals surface area contributed by atoms with Crippen molar-refractivity contribution in [1.82, 2.24) is 20.6 Å². The summed E-state index contributed by atoms with van der Waals surface area (Å²) in [6.45, 7) is 5.92. The summed E-state index contributed by atoms with van der Waals surface area (Å²) in [4.78, 5) is 7.35.